The van der Waals surface area contributed by atoms with Crippen LogP contribution in [0.4, 0.5) is 4.79 Å². The summed E-state index contributed by atoms with van der Waals surface area (Å²) < 4.78 is 10.2. The number of esters is 1. The predicted molar refractivity (Wildman–Crippen MR) is 163 cm³/mol. The number of carbonyl (C=O) groups is 4. The Morgan fingerprint density at radius 3 is 2.38 bits per heavy atom. The highest BCUT2D eigenvalue weighted by Gasteiger charge is 2.33. The van der Waals surface area contributed by atoms with Crippen molar-refractivity contribution in [2.75, 3.05) is 32.8 Å². The summed E-state index contributed by atoms with van der Waals surface area (Å²) >= 11 is 0. The third kappa shape index (κ3) is 9.69. The summed E-state index contributed by atoms with van der Waals surface area (Å²) in [5.41, 5.74) is 0.626. The van der Waals surface area contributed by atoms with Crippen molar-refractivity contribution in [3.05, 3.63) is 47.8 Å². The Bertz CT molecular complexity index is 1340. The number of hydrogen-bond acceptors (Lipinski definition) is 11. The van der Waals surface area contributed by atoms with Crippen molar-refractivity contribution < 1.29 is 38.6 Å². The van der Waals surface area contributed by atoms with Gasteiger partial charge in [-0.2, -0.15) is 0 Å². The van der Waals surface area contributed by atoms with Gasteiger partial charge in [0.15, 0.2) is 5.82 Å². The van der Waals surface area contributed by atoms with Gasteiger partial charge in [-0.3, -0.25) is 14.4 Å². The Kier molecular flexibility index (Phi) is 11.5. The maximum Gasteiger partial charge on any atom is 0.527 e. The number of benzene rings is 1. The van der Waals surface area contributed by atoms with Gasteiger partial charge in [-0.1, -0.05) is 36.8 Å². The van der Waals surface area contributed by atoms with E-state index in [0.29, 0.717) is 23.5 Å². The third-order valence-electron chi connectivity index (χ3n) is 7.55. The molecule has 2 unspecified atom stereocenters. The summed E-state index contributed by atoms with van der Waals surface area (Å²) in [6.45, 7) is 8.07. The fraction of sp³-hybridized carbons (Fsp3) is 0.562. The second-order valence-electron chi connectivity index (χ2n) is 12.2. The summed E-state index contributed by atoms with van der Waals surface area (Å²) in [6.07, 6.45) is 0.740. The van der Waals surface area contributed by atoms with E-state index in [0.717, 1.165) is 12.8 Å². The standard InChI is InChI=1S/C32H43N5O8/c1-5-43-31(42)45-37-18-16-36(17-19-37)30(41)23(14-15-27(39)44-32(2,3)4)35-29(40)25-20-24(22-12-9-13-26(22)38)33-28(34-25)21-10-7-6-8-11-21/h6-8,10-11,20,22-23,26,38H,5,9,12-19H2,1-4H3,(H,35,40)/t22?,23?,26-/m0/s1. The number of hydroxylamine groups is 2. The van der Waals surface area contributed by atoms with E-state index in [2.05, 4.69) is 10.3 Å². The molecule has 244 valence electrons. The first kappa shape index (κ1) is 33.8. The minimum Gasteiger partial charge on any atom is -0.460 e. The molecule has 1 aromatic heterocycles. The van der Waals surface area contributed by atoms with Gasteiger partial charge in [0.2, 0.25) is 5.91 Å². The Labute approximate surface area is 263 Å². The molecule has 1 aliphatic carbocycles. The molecular weight excluding hydrogens is 582 g/mol. The summed E-state index contributed by atoms with van der Waals surface area (Å²) in [7, 11) is 0. The van der Waals surface area contributed by atoms with E-state index in [1.165, 1.54) is 5.06 Å². The molecule has 1 saturated heterocycles. The molecule has 13 heteroatoms. The molecule has 2 aromatic rings. The molecule has 2 N–H and O–H groups in total. The first-order valence-electron chi connectivity index (χ1n) is 15.5. The molecule has 45 heavy (non-hydrogen) atoms. The van der Waals surface area contributed by atoms with Gasteiger partial charge in [0.05, 0.1) is 31.5 Å². The van der Waals surface area contributed by atoms with E-state index in [-0.39, 0.29) is 63.1 Å². The zero-order valence-corrected chi connectivity index (χ0v) is 26.4. The van der Waals surface area contributed by atoms with Crippen LogP contribution in [0, 0.1) is 0 Å². The lowest BCUT2D eigenvalue weighted by atomic mass is 10.00. The van der Waals surface area contributed by atoms with Crippen molar-refractivity contribution in [1.82, 2.24) is 25.2 Å². The highest BCUT2D eigenvalue weighted by molar-refractivity contribution is 5.96. The summed E-state index contributed by atoms with van der Waals surface area (Å²) in [5.74, 6) is -1.37. The van der Waals surface area contributed by atoms with Crippen LogP contribution in [0.15, 0.2) is 36.4 Å². The topological polar surface area (TPSA) is 160 Å². The van der Waals surface area contributed by atoms with E-state index in [1.54, 1.807) is 38.7 Å². The van der Waals surface area contributed by atoms with E-state index in [1.807, 2.05) is 30.3 Å². The van der Waals surface area contributed by atoms with Gasteiger partial charge in [0.1, 0.15) is 17.3 Å². The number of nitrogens with zero attached hydrogens (tertiary/aromatic N) is 4. The van der Waals surface area contributed by atoms with Gasteiger partial charge in [-0.25, -0.2) is 14.8 Å². The average molecular weight is 626 g/mol. The molecule has 1 saturated carbocycles. The maximum absolute atomic E-state index is 13.8. The Morgan fingerprint density at radius 1 is 1.04 bits per heavy atom. The van der Waals surface area contributed by atoms with Crippen LogP contribution >= 0.6 is 0 Å². The van der Waals surface area contributed by atoms with E-state index >= 15 is 0 Å². The smallest absolute Gasteiger partial charge is 0.460 e. The molecule has 0 radical (unpaired) electrons. The number of rotatable bonds is 10. The van der Waals surface area contributed by atoms with Crippen molar-refractivity contribution in [3.8, 4) is 11.4 Å². The van der Waals surface area contributed by atoms with Crippen LogP contribution in [0.25, 0.3) is 11.4 Å². The number of piperazine rings is 1. The monoisotopic (exact) mass is 625 g/mol. The SMILES string of the molecule is CCOC(=O)ON1CCN(C(=O)C(CCC(=O)OC(C)(C)C)NC(=O)c2cc(C3CCC[C@@H]3O)nc(-c3ccccc3)n2)CC1. The van der Waals surface area contributed by atoms with Gasteiger partial charge in [-0.15, -0.1) is 5.06 Å². The van der Waals surface area contributed by atoms with Crippen molar-refractivity contribution in [3.63, 3.8) is 0 Å². The van der Waals surface area contributed by atoms with E-state index in [4.69, 9.17) is 19.3 Å². The minimum absolute atomic E-state index is 0.00382. The van der Waals surface area contributed by atoms with Crippen LogP contribution in [-0.4, -0.2) is 99.5 Å². The lowest BCUT2D eigenvalue weighted by Crippen LogP contribution is -2.55. The summed E-state index contributed by atoms with van der Waals surface area (Å²) in [5, 5.41) is 14.8. The quantitative estimate of drug-likeness (QED) is 0.373. The molecule has 3 atom stereocenters. The third-order valence-corrected chi connectivity index (χ3v) is 7.55. The number of nitrogens with one attached hydrogen (secondary N) is 1. The van der Waals surface area contributed by atoms with Crippen molar-refractivity contribution in [2.24, 2.45) is 0 Å². The number of aliphatic hydroxyl groups is 1. The molecular formula is C32H43N5O8. The highest BCUT2D eigenvalue weighted by Crippen LogP contribution is 2.34. The molecule has 0 spiro atoms. The lowest BCUT2D eigenvalue weighted by molar-refractivity contribution is -0.158. The lowest BCUT2D eigenvalue weighted by Gasteiger charge is -2.35. The van der Waals surface area contributed by atoms with Gasteiger partial charge < -0.3 is 29.6 Å². The molecule has 2 fully saturated rings. The first-order valence-corrected chi connectivity index (χ1v) is 15.5. The van der Waals surface area contributed by atoms with Gasteiger partial charge in [-0.05, 0) is 53.0 Å². The molecule has 2 amide bonds. The average Bonchev–Trinajstić information content (AvgIpc) is 3.44. The van der Waals surface area contributed by atoms with Gasteiger partial charge in [0.25, 0.3) is 5.91 Å². The number of amides is 2. The Morgan fingerprint density at radius 2 is 1.76 bits per heavy atom. The van der Waals surface area contributed by atoms with Crippen LogP contribution < -0.4 is 5.32 Å². The zero-order valence-electron chi connectivity index (χ0n) is 26.4. The molecule has 13 nitrogen and oxygen atoms in total. The van der Waals surface area contributed by atoms with Crippen LogP contribution in [-0.2, 0) is 23.9 Å². The number of ether oxygens (including phenoxy) is 2. The molecule has 1 aromatic carbocycles. The van der Waals surface area contributed by atoms with Crippen molar-refractivity contribution in [1.29, 1.82) is 0 Å². The normalized spacial score (nSPS) is 19.4. The minimum atomic E-state index is -1.06. The van der Waals surface area contributed by atoms with Crippen LogP contribution in [0.1, 0.15) is 81.9 Å². The molecule has 4 rings (SSSR count). The maximum atomic E-state index is 13.8. The number of aromatic nitrogens is 2. The molecule has 0 bridgehead atoms. The zero-order chi connectivity index (χ0) is 32.6. The fourth-order valence-corrected chi connectivity index (χ4v) is 5.39. The van der Waals surface area contributed by atoms with Gasteiger partial charge >= 0.3 is 12.1 Å². The Balaban J connectivity index is 1.54. The highest BCUT2D eigenvalue weighted by atomic mass is 16.8. The van der Waals surface area contributed by atoms with Crippen LogP contribution in [0.3, 0.4) is 0 Å². The first-order chi connectivity index (χ1) is 21.4. The van der Waals surface area contributed by atoms with E-state index < -0.39 is 35.8 Å². The predicted octanol–water partition coefficient (Wildman–Crippen LogP) is 3.22. The van der Waals surface area contributed by atoms with Gasteiger partial charge in [0, 0.05) is 31.0 Å². The molecule has 2 aliphatic rings. The second-order valence-corrected chi connectivity index (χ2v) is 12.2. The second kappa shape index (κ2) is 15.3. The van der Waals surface area contributed by atoms with Crippen LogP contribution in [0.5, 0.6) is 0 Å². The summed E-state index contributed by atoms with van der Waals surface area (Å²) in [4.78, 5) is 67.7. The fourth-order valence-electron chi connectivity index (χ4n) is 5.39. The van der Waals surface area contributed by atoms with Crippen LogP contribution in [0.2, 0.25) is 0 Å². The molecule has 1 aliphatic heterocycles. The summed E-state index contributed by atoms with van der Waals surface area (Å²) in [6, 6.07) is 9.75. The molecule has 2 heterocycles. The van der Waals surface area contributed by atoms with E-state index in [9.17, 15) is 24.3 Å². The Hall–Kier alpha value is -4.10. The number of carbonyl (C=O) groups excluding carboxylic acids is 4. The largest absolute Gasteiger partial charge is 0.527 e. The van der Waals surface area contributed by atoms with Crippen molar-refractivity contribution in [2.45, 2.75) is 83.5 Å². The van der Waals surface area contributed by atoms with Crippen molar-refractivity contribution >= 4 is 23.9 Å². The number of aliphatic hydroxyl groups excluding tert-OH is 1. The number of hydrogen-bond donors (Lipinski definition) is 2.